The molecule has 6 heterocycles. The number of nitrogens with two attached hydrogens (primary N) is 1. The number of carboxylic acid groups (broad SMARTS) is 1. The average molecular weight is 1600 g/mol. The van der Waals surface area contributed by atoms with Crippen LogP contribution in [0.1, 0.15) is 219 Å². The van der Waals surface area contributed by atoms with Crippen LogP contribution in [0.25, 0.3) is 67.4 Å². The largest absolute Gasteiger partial charge is 0.508 e. The summed E-state index contributed by atoms with van der Waals surface area (Å²) in [4.78, 5) is 43.1. The third kappa shape index (κ3) is 22.3. The second kappa shape index (κ2) is 43.1. The molecule has 0 bridgehead atoms. The van der Waals surface area contributed by atoms with Crippen molar-refractivity contribution in [2.75, 3.05) is 60.5 Å². The van der Waals surface area contributed by atoms with Crippen LogP contribution in [0.15, 0.2) is 165 Å². The van der Waals surface area contributed by atoms with Gasteiger partial charge in [0.1, 0.15) is 36.2 Å². The number of ether oxygens (including phenoxy) is 2. The number of amides is 2. The van der Waals surface area contributed by atoms with E-state index in [-0.39, 0.29) is 61.4 Å². The SMILES string of the molecule is C.C.CCCN.CCCNC(=O)c1noc(-c2cc(C(C)C)c(C)cc2OCc2ccccc2)c1-c1ccc2c(c1)CCN(C)C2.CCCNC(=O)c1noc(-c2cc(C(C)C)c(O)cc2O)c1-c1ccc2c(c1)CCNC2.Cc1cc(OCc2ccccc2)c(-c2onc(C(=O)O)c2-c2ccc3c(c2)CCN(C)C3)cc1C(C)C.[2H]CF. The van der Waals surface area contributed by atoms with Crippen molar-refractivity contribution in [3.63, 3.8) is 0 Å². The van der Waals surface area contributed by atoms with Gasteiger partial charge in [-0.1, -0.05) is 208 Å². The molecule has 0 fully saturated rings. The number of carbonyl (C=O) groups excluding carboxylic acids is 2. The number of nitrogens with zero attached hydrogens (tertiary/aromatic N) is 5. The summed E-state index contributed by atoms with van der Waals surface area (Å²) in [5, 5.41) is 52.6. The zero-order valence-corrected chi connectivity index (χ0v) is 68.7. The number of alkyl halides is 1. The lowest BCUT2D eigenvalue weighted by Gasteiger charge is -2.25. The van der Waals surface area contributed by atoms with E-state index in [0.29, 0.717) is 100 Å². The average Bonchev–Trinajstić information content (AvgIpc) is 1.54. The molecule has 2 amide bonds. The van der Waals surface area contributed by atoms with Crippen LogP contribution in [0.3, 0.4) is 0 Å². The lowest BCUT2D eigenvalue weighted by atomic mass is 9.90. The molecule has 20 nitrogen and oxygen atoms in total. The van der Waals surface area contributed by atoms with E-state index in [1.54, 1.807) is 6.07 Å². The predicted octanol–water partition coefficient (Wildman–Crippen LogP) is 20.4. The Morgan fingerprint density at radius 2 is 0.915 bits per heavy atom. The minimum atomic E-state index is -1.12. The molecule has 0 unspecified atom stereocenters. The standard InChI is InChI=1S/C34H39N3O3.C31H32N2O4.C25H29N3O4.C3H9N.CH3F.2CH4/c1-6-15-35-34(38)32-31(26-12-13-27-20-37(5)16-14-25(27)18-26)33(40-36-32)29-19-28(22(2)3)23(4)17-30(29)39-21-24-10-8-7-9-11-24;1-19(2)25-16-26(27(14-20(25)3)36-18-21-8-6-5-7-9-21)30-28(29(31(34)35)32-37-30)23-10-11-24-17-33(4)13-12-22(24)15-23;1-4-8-27-25(31)23-22(16-5-6-17-13-26-9-7-15(17)10-16)24(32-28-23)19-11-18(14(2)3)20(29)12-21(19)30;1-2-3-4;1-2;;/h7-13,17-19,22H,6,14-16,20-21H2,1-5H3,(H,35,38);5-11,14-16,19H,12-13,17-18H2,1-4H3,(H,34,35);5-6,10-12,14,26,29-30H,4,7-9,13H2,1-3H3,(H,27,31);2-4H2,1H3;1H3;2*1H4/i;;;;1D;;. The molecule has 11 aromatic rings. The molecule has 0 saturated carbocycles. The molecule has 3 aliphatic rings. The minimum absolute atomic E-state index is 0. The number of aryl methyl sites for hydroxylation is 2. The van der Waals surface area contributed by atoms with Gasteiger partial charge >= 0.3 is 5.97 Å². The highest BCUT2D eigenvalue weighted by atomic mass is 19.1. The first-order valence-corrected chi connectivity index (χ1v) is 39.9. The van der Waals surface area contributed by atoms with E-state index in [1.807, 2.05) is 94.4 Å². The van der Waals surface area contributed by atoms with E-state index in [0.717, 1.165) is 134 Å². The first-order chi connectivity index (χ1) is 55.9. The summed E-state index contributed by atoms with van der Waals surface area (Å²) in [6.07, 6.45) is 5.50. The number of carbonyl (C=O) groups is 3. The predicted molar refractivity (Wildman–Crippen MR) is 466 cm³/mol. The summed E-state index contributed by atoms with van der Waals surface area (Å²) >= 11 is 0. The van der Waals surface area contributed by atoms with Crippen molar-refractivity contribution in [3.8, 4) is 90.3 Å². The number of aromatic carboxylic acids is 1. The Labute approximate surface area is 691 Å². The van der Waals surface area contributed by atoms with Crippen molar-refractivity contribution in [2.45, 2.75) is 180 Å². The van der Waals surface area contributed by atoms with Crippen LogP contribution in [0.2, 0.25) is 0 Å². The highest BCUT2D eigenvalue weighted by molar-refractivity contribution is 6.04. The van der Waals surface area contributed by atoms with Gasteiger partial charge in [-0.3, -0.25) is 14.0 Å². The number of nitrogens with one attached hydrogen (secondary N) is 3. The third-order valence-electron chi connectivity index (χ3n) is 20.8. The quantitative estimate of drug-likeness (QED) is 0.0313. The lowest BCUT2D eigenvalue weighted by Crippen LogP contribution is -2.26. The van der Waals surface area contributed by atoms with E-state index >= 15 is 0 Å². The maximum atomic E-state index is 13.3. The molecule has 0 spiro atoms. The third-order valence-corrected chi connectivity index (χ3v) is 20.8. The molecule has 0 atom stereocenters. The maximum Gasteiger partial charge on any atom is 0.358 e. The molecule has 117 heavy (non-hydrogen) atoms. The summed E-state index contributed by atoms with van der Waals surface area (Å²) in [6, 6.07) is 50.1. The molecular weight excluding hydrogens is 1470 g/mol. The van der Waals surface area contributed by atoms with Crippen LogP contribution >= 0.6 is 0 Å². The Kier molecular flexibility index (Phi) is 33.1. The zero-order chi connectivity index (χ0) is 83.3. The van der Waals surface area contributed by atoms with E-state index < -0.39 is 13.1 Å². The zero-order valence-electron chi connectivity index (χ0n) is 69.7. The van der Waals surface area contributed by atoms with Gasteiger partial charge in [0, 0.05) is 51.9 Å². The van der Waals surface area contributed by atoms with Gasteiger partial charge in [-0.25, -0.2) is 4.79 Å². The van der Waals surface area contributed by atoms with E-state index in [4.69, 9.17) is 30.1 Å². The van der Waals surface area contributed by atoms with E-state index in [2.05, 4.69) is 177 Å². The number of phenols is 2. The number of fused-ring (bicyclic) bond motifs is 3. The number of carboxylic acids is 1. The Morgan fingerprint density at radius 1 is 0.530 bits per heavy atom. The van der Waals surface area contributed by atoms with Gasteiger partial charge in [-0.2, -0.15) is 0 Å². The molecule has 0 radical (unpaired) electrons. The van der Waals surface area contributed by atoms with Crippen molar-refractivity contribution in [1.82, 2.24) is 41.2 Å². The lowest BCUT2D eigenvalue weighted by molar-refractivity contribution is 0.0685. The molecular formula is C96H120FN9O11. The fraction of sp³-hybridized carbons (Fsp3) is 0.375. The molecule has 8 aromatic carbocycles. The highest BCUT2D eigenvalue weighted by Gasteiger charge is 2.33. The van der Waals surface area contributed by atoms with Gasteiger partial charge in [0.2, 0.25) is 0 Å². The normalized spacial score (nSPS) is 12.9. The minimum Gasteiger partial charge on any atom is -0.508 e. The van der Waals surface area contributed by atoms with E-state index in [9.17, 15) is 34.1 Å². The topological polar surface area (TPSA) is 277 Å². The molecule has 0 aliphatic carbocycles. The molecule has 8 N–H and O–H groups in total. The fourth-order valence-electron chi connectivity index (χ4n) is 14.6. The number of likely N-dealkylation sites (N-methyl/N-ethyl adjacent to an activating group) is 2. The summed E-state index contributed by atoms with van der Waals surface area (Å²) in [5.41, 5.74) is 26.5. The second-order valence-corrected chi connectivity index (χ2v) is 30.5. The summed E-state index contributed by atoms with van der Waals surface area (Å²) in [6.45, 7) is 31.0. The number of benzene rings is 8. The van der Waals surface area contributed by atoms with Crippen LogP contribution in [0.4, 0.5) is 4.39 Å². The summed E-state index contributed by atoms with van der Waals surface area (Å²) in [7, 11) is 3.25. The maximum absolute atomic E-state index is 13.3. The first kappa shape index (κ1) is 89.7. The van der Waals surface area contributed by atoms with Crippen LogP contribution in [-0.2, 0) is 52.1 Å². The van der Waals surface area contributed by atoms with Crippen molar-refractivity contribution in [3.05, 3.63) is 241 Å². The monoisotopic (exact) mass is 1590 g/mol. The summed E-state index contributed by atoms with van der Waals surface area (Å²) < 4.78 is 45.8. The van der Waals surface area contributed by atoms with Crippen LogP contribution < -0.4 is 31.2 Å². The number of rotatable bonds is 23. The number of phenolic OH excluding ortho intramolecular Hbond substituents is 2. The van der Waals surface area contributed by atoms with Gasteiger partial charge in [-0.05, 0) is 217 Å². The Bertz CT molecular complexity index is 5150. The number of aromatic nitrogens is 3. The molecule has 3 aliphatic heterocycles. The second-order valence-electron chi connectivity index (χ2n) is 30.5. The molecule has 21 heteroatoms. The van der Waals surface area contributed by atoms with Gasteiger partial charge < -0.3 is 69.8 Å². The van der Waals surface area contributed by atoms with Crippen molar-refractivity contribution < 1.29 is 58.5 Å². The number of hydrogen-bond acceptors (Lipinski definition) is 17. The number of halogens is 1. The molecule has 14 rings (SSSR count). The van der Waals surface area contributed by atoms with Gasteiger partial charge in [0.15, 0.2) is 34.4 Å². The Morgan fingerprint density at radius 3 is 1.32 bits per heavy atom. The van der Waals surface area contributed by atoms with Crippen molar-refractivity contribution in [2.24, 2.45) is 5.73 Å². The summed E-state index contributed by atoms with van der Waals surface area (Å²) in [5.74, 6) is 1.45. The smallest absolute Gasteiger partial charge is 0.358 e. The Hall–Kier alpha value is -11.2. The van der Waals surface area contributed by atoms with Gasteiger partial charge in [0.25, 0.3) is 11.8 Å². The van der Waals surface area contributed by atoms with Crippen LogP contribution in [0.5, 0.6) is 23.0 Å². The fourth-order valence-corrected chi connectivity index (χ4v) is 14.6. The molecule has 622 valence electrons. The van der Waals surface area contributed by atoms with Crippen molar-refractivity contribution >= 4 is 17.8 Å². The van der Waals surface area contributed by atoms with E-state index in [1.165, 1.54) is 45.0 Å². The number of aromatic hydroxyl groups is 2. The van der Waals surface area contributed by atoms with Crippen LogP contribution in [0, 0.1) is 13.8 Å². The Balaban J connectivity index is 0.000000211. The number of hydrogen-bond donors (Lipinski definition) is 7. The van der Waals surface area contributed by atoms with Gasteiger partial charge in [-0.15, -0.1) is 0 Å². The highest BCUT2D eigenvalue weighted by Crippen LogP contribution is 2.47. The molecule has 0 saturated heterocycles. The van der Waals surface area contributed by atoms with Gasteiger partial charge in [0.05, 0.1) is 41.9 Å². The molecule has 3 aromatic heterocycles. The first-order valence-electron chi connectivity index (χ1n) is 40.6. The van der Waals surface area contributed by atoms with Crippen LogP contribution in [-0.4, -0.2) is 119 Å². The van der Waals surface area contributed by atoms with Crippen molar-refractivity contribution in [1.29, 1.82) is 0 Å².